The molecule has 0 saturated heterocycles. The molecule has 0 bridgehead atoms. The van der Waals surface area contributed by atoms with Crippen LogP contribution in [0.1, 0.15) is 5.56 Å². The molecule has 2 nitrogen and oxygen atoms in total. The SMILES string of the molecule is NCCc1cccc(Oc2cccc(I)c2)c1. The van der Waals surface area contributed by atoms with Crippen LogP contribution >= 0.6 is 22.6 Å². The van der Waals surface area contributed by atoms with Crippen molar-refractivity contribution < 1.29 is 4.74 Å². The third-order valence-corrected chi connectivity index (χ3v) is 3.03. The van der Waals surface area contributed by atoms with Gasteiger partial charge in [-0.15, -0.1) is 0 Å². The Bertz CT molecular complexity index is 499. The van der Waals surface area contributed by atoms with Gasteiger partial charge in [-0.3, -0.25) is 0 Å². The van der Waals surface area contributed by atoms with Crippen molar-refractivity contribution in [1.29, 1.82) is 0 Å². The van der Waals surface area contributed by atoms with Gasteiger partial charge in [-0.2, -0.15) is 0 Å². The van der Waals surface area contributed by atoms with Crippen molar-refractivity contribution in [3.05, 3.63) is 57.7 Å². The Morgan fingerprint density at radius 2 is 1.71 bits per heavy atom. The lowest BCUT2D eigenvalue weighted by atomic mass is 10.1. The molecule has 0 aliphatic heterocycles. The molecule has 0 atom stereocenters. The second-order valence-corrected chi connectivity index (χ2v) is 4.99. The summed E-state index contributed by atoms with van der Waals surface area (Å²) < 4.78 is 6.97. The van der Waals surface area contributed by atoms with Crippen molar-refractivity contribution in [3.8, 4) is 11.5 Å². The molecule has 2 rings (SSSR count). The Labute approximate surface area is 115 Å². The third-order valence-electron chi connectivity index (χ3n) is 2.36. The van der Waals surface area contributed by atoms with Crippen LogP contribution in [-0.4, -0.2) is 6.54 Å². The summed E-state index contributed by atoms with van der Waals surface area (Å²) in [4.78, 5) is 0. The molecule has 17 heavy (non-hydrogen) atoms. The van der Waals surface area contributed by atoms with Gasteiger partial charge in [0.05, 0.1) is 0 Å². The standard InChI is InChI=1S/C14H14INO/c15-12-4-2-6-14(10-12)17-13-5-1-3-11(9-13)7-8-16/h1-6,9-10H,7-8,16H2. The fraction of sp³-hybridized carbons (Fsp3) is 0.143. The first-order valence-corrected chi connectivity index (χ1v) is 6.58. The lowest BCUT2D eigenvalue weighted by Gasteiger charge is -2.07. The van der Waals surface area contributed by atoms with Crippen LogP contribution in [0.5, 0.6) is 11.5 Å². The largest absolute Gasteiger partial charge is 0.457 e. The summed E-state index contributed by atoms with van der Waals surface area (Å²) in [6, 6.07) is 16.0. The van der Waals surface area contributed by atoms with Gasteiger partial charge in [0.1, 0.15) is 11.5 Å². The van der Waals surface area contributed by atoms with E-state index in [1.54, 1.807) is 0 Å². The molecule has 0 aromatic heterocycles. The number of rotatable bonds is 4. The van der Waals surface area contributed by atoms with E-state index >= 15 is 0 Å². The summed E-state index contributed by atoms with van der Waals surface area (Å²) in [5.74, 6) is 1.72. The predicted octanol–water partition coefficient (Wildman–Crippen LogP) is 3.58. The summed E-state index contributed by atoms with van der Waals surface area (Å²) in [7, 11) is 0. The number of benzene rings is 2. The van der Waals surface area contributed by atoms with Crippen molar-refractivity contribution in [2.24, 2.45) is 5.73 Å². The average Bonchev–Trinajstić information content (AvgIpc) is 2.30. The van der Waals surface area contributed by atoms with Crippen LogP contribution in [0.15, 0.2) is 48.5 Å². The summed E-state index contributed by atoms with van der Waals surface area (Å²) in [5.41, 5.74) is 6.75. The Morgan fingerprint density at radius 1 is 1.00 bits per heavy atom. The number of ether oxygens (including phenoxy) is 1. The lowest BCUT2D eigenvalue weighted by Crippen LogP contribution is -2.02. The fourth-order valence-electron chi connectivity index (χ4n) is 1.60. The minimum atomic E-state index is 0.659. The van der Waals surface area contributed by atoms with Gasteiger partial charge >= 0.3 is 0 Å². The van der Waals surface area contributed by atoms with Gasteiger partial charge in [0.2, 0.25) is 0 Å². The fourth-order valence-corrected chi connectivity index (χ4v) is 2.11. The molecule has 0 aliphatic rings. The van der Waals surface area contributed by atoms with Gasteiger partial charge in [-0.25, -0.2) is 0 Å². The average molecular weight is 339 g/mol. The van der Waals surface area contributed by atoms with Crippen molar-refractivity contribution in [3.63, 3.8) is 0 Å². The second-order valence-electron chi connectivity index (χ2n) is 3.75. The van der Waals surface area contributed by atoms with Gasteiger partial charge < -0.3 is 10.5 Å². The maximum absolute atomic E-state index is 5.80. The predicted molar refractivity (Wildman–Crippen MR) is 78.4 cm³/mol. The van der Waals surface area contributed by atoms with E-state index in [2.05, 4.69) is 28.7 Å². The molecule has 0 heterocycles. The van der Waals surface area contributed by atoms with Crippen LogP contribution in [0.4, 0.5) is 0 Å². The number of nitrogens with two attached hydrogens (primary N) is 1. The van der Waals surface area contributed by atoms with Crippen LogP contribution < -0.4 is 10.5 Å². The van der Waals surface area contributed by atoms with Crippen LogP contribution in [0.2, 0.25) is 0 Å². The summed E-state index contributed by atoms with van der Waals surface area (Å²) >= 11 is 2.27. The van der Waals surface area contributed by atoms with E-state index in [0.29, 0.717) is 6.54 Å². The molecule has 2 aromatic rings. The highest BCUT2D eigenvalue weighted by atomic mass is 127. The van der Waals surface area contributed by atoms with Crippen LogP contribution in [0.25, 0.3) is 0 Å². The summed E-state index contributed by atoms with van der Waals surface area (Å²) in [6.45, 7) is 0.659. The smallest absolute Gasteiger partial charge is 0.128 e. The van der Waals surface area contributed by atoms with Crippen molar-refractivity contribution >= 4 is 22.6 Å². The molecule has 88 valence electrons. The van der Waals surface area contributed by atoms with Crippen molar-refractivity contribution in [2.75, 3.05) is 6.54 Å². The molecular formula is C14H14INO. The number of halogens is 1. The molecule has 3 heteroatoms. The minimum absolute atomic E-state index is 0.659. The second kappa shape index (κ2) is 6.02. The van der Waals surface area contributed by atoms with Crippen LogP contribution in [0, 0.1) is 3.57 Å². The third kappa shape index (κ3) is 3.71. The first-order valence-electron chi connectivity index (χ1n) is 5.50. The Hall–Kier alpha value is -1.07. The van der Waals surface area contributed by atoms with E-state index in [1.807, 2.05) is 42.5 Å². The minimum Gasteiger partial charge on any atom is -0.457 e. The normalized spacial score (nSPS) is 10.2. The van der Waals surface area contributed by atoms with E-state index < -0.39 is 0 Å². The Balaban J connectivity index is 2.15. The summed E-state index contributed by atoms with van der Waals surface area (Å²) in [6.07, 6.45) is 0.878. The molecule has 0 saturated carbocycles. The molecule has 0 amide bonds. The number of hydrogen-bond donors (Lipinski definition) is 1. The van der Waals surface area contributed by atoms with Gasteiger partial charge in [-0.05, 0) is 71.5 Å². The van der Waals surface area contributed by atoms with Crippen LogP contribution in [0.3, 0.4) is 0 Å². The van der Waals surface area contributed by atoms with Crippen molar-refractivity contribution in [2.45, 2.75) is 6.42 Å². The number of hydrogen-bond acceptors (Lipinski definition) is 2. The van der Waals surface area contributed by atoms with E-state index in [4.69, 9.17) is 10.5 Å². The van der Waals surface area contributed by atoms with Crippen molar-refractivity contribution in [1.82, 2.24) is 0 Å². The maximum Gasteiger partial charge on any atom is 0.128 e. The van der Waals surface area contributed by atoms with E-state index in [0.717, 1.165) is 17.9 Å². The highest BCUT2D eigenvalue weighted by Crippen LogP contribution is 2.23. The molecule has 0 aliphatic carbocycles. The molecule has 0 spiro atoms. The highest BCUT2D eigenvalue weighted by molar-refractivity contribution is 14.1. The molecule has 0 radical (unpaired) electrons. The Kier molecular flexibility index (Phi) is 4.39. The summed E-state index contributed by atoms with van der Waals surface area (Å²) in [5, 5.41) is 0. The first kappa shape index (κ1) is 12.4. The van der Waals surface area contributed by atoms with Gasteiger partial charge in [0.25, 0.3) is 0 Å². The van der Waals surface area contributed by atoms with E-state index in [-0.39, 0.29) is 0 Å². The quantitative estimate of drug-likeness (QED) is 0.864. The van der Waals surface area contributed by atoms with Gasteiger partial charge in [0.15, 0.2) is 0 Å². The highest BCUT2D eigenvalue weighted by Gasteiger charge is 1.99. The zero-order valence-corrected chi connectivity index (χ0v) is 11.6. The first-order chi connectivity index (χ1) is 8.28. The Morgan fingerprint density at radius 3 is 2.41 bits per heavy atom. The molecule has 2 aromatic carbocycles. The zero-order chi connectivity index (χ0) is 12.1. The van der Waals surface area contributed by atoms with E-state index in [1.165, 1.54) is 9.13 Å². The van der Waals surface area contributed by atoms with E-state index in [9.17, 15) is 0 Å². The molecular weight excluding hydrogens is 325 g/mol. The molecule has 2 N–H and O–H groups in total. The van der Waals surface area contributed by atoms with Gasteiger partial charge in [-0.1, -0.05) is 18.2 Å². The monoisotopic (exact) mass is 339 g/mol. The zero-order valence-electron chi connectivity index (χ0n) is 9.40. The van der Waals surface area contributed by atoms with Gasteiger partial charge in [0, 0.05) is 3.57 Å². The molecule has 0 unspecified atom stereocenters. The van der Waals surface area contributed by atoms with Crippen LogP contribution in [-0.2, 0) is 6.42 Å². The lowest BCUT2D eigenvalue weighted by molar-refractivity contribution is 0.481. The molecule has 0 fully saturated rings. The maximum atomic E-state index is 5.80. The topological polar surface area (TPSA) is 35.2 Å².